The van der Waals surface area contributed by atoms with Crippen molar-refractivity contribution in [1.29, 1.82) is 0 Å². The smallest absolute Gasteiger partial charge is 0.278 e. The molecule has 3 N–H and O–H groups in total. The van der Waals surface area contributed by atoms with Gasteiger partial charge in [0, 0.05) is 50.1 Å². The van der Waals surface area contributed by atoms with Crippen LogP contribution in [0, 0.1) is 0 Å². The van der Waals surface area contributed by atoms with Crippen LogP contribution in [0.4, 0.5) is 11.8 Å². The van der Waals surface area contributed by atoms with Crippen molar-refractivity contribution in [2.45, 2.75) is 12.8 Å². The third-order valence-corrected chi connectivity index (χ3v) is 5.54. The highest BCUT2D eigenvalue weighted by molar-refractivity contribution is 5.62. The van der Waals surface area contributed by atoms with E-state index in [0.29, 0.717) is 17.4 Å². The van der Waals surface area contributed by atoms with E-state index in [1.165, 1.54) is 0 Å². The second-order valence-electron chi connectivity index (χ2n) is 7.63. The predicted octanol–water partition coefficient (Wildman–Crippen LogP) is 2.13. The van der Waals surface area contributed by atoms with E-state index in [1.54, 1.807) is 24.8 Å². The molecular formula is C22H23N9O. The highest BCUT2D eigenvalue weighted by Crippen LogP contribution is 2.27. The van der Waals surface area contributed by atoms with E-state index in [1.807, 2.05) is 31.2 Å². The van der Waals surface area contributed by atoms with Crippen molar-refractivity contribution < 1.29 is 4.52 Å². The molecule has 32 heavy (non-hydrogen) atoms. The molecule has 0 aliphatic carbocycles. The highest BCUT2D eigenvalue weighted by Gasteiger charge is 2.19. The summed E-state index contributed by atoms with van der Waals surface area (Å²) in [7, 11) is 0. The molecule has 0 spiro atoms. The van der Waals surface area contributed by atoms with Crippen LogP contribution in [0.15, 0.2) is 53.6 Å². The van der Waals surface area contributed by atoms with Gasteiger partial charge in [-0.25, -0.2) is 19.9 Å². The maximum Gasteiger partial charge on any atom is 0.278 e. The minimum atomic E-state index is -0.0442. The number of anilines is 2. The summed E-state index contributed by atoms with van der Waals surface area (Å²) >= 11 is 0. The van der Waals surface area contributed by atoms with Gasteiger partial charge in [0.2, 0.25) is 5.95 Å². The van der Waals surface area contributed by atoms with Gasteiger partial charge in [0.05, 0.1) is 12.4 Å². The zero-order valence-electron chi connectivity index (χ0n) is 17.6. The van der Waals surface area contributed by atoms with Crippen molar-refractivity contribution in [2.75, 3.05) is 36.8 Å². The molecule has 4 aromatic rings. The fourth-order valence-corrected chi connectivity index (χ4v) is 3.60. The van der Waals surface area contributed by atoms with E-state index in [0.717, 1.165) is 48.7 Å². The van der Waals surface area contributed by atoms with Crippen molar-refractivity contribution in [3.63, 3.8) is 0 Å². The summed E-state index contributed by atoms with van der Waals surface area (Å²) in [5, 5.41) is 7.49. The Labute approximate surface area is 184 Å². The standard InChI is InChI=1S/C22H23N9O/c1-14(15-2-4-16(5-3-15)17-10-27-22(23)28-11-17)20-29-21(32-30-20)18-12-26-19(13-25-18)31-8-6-24-7-9-31/h2-5,10-14,24H,6-9H2,1H3,(H2,23,27,28). The minimum absolute atomic E-state index is 0.0442. The summed E-state index contributed by atoms with van der Waals surface area (Å²) in [6.45, 7) is 5.77. The molecule has 1 aliphatic heterocycles. The molecule has 0 radical (unpaired) electrons. The van der Waals surface area contributed by atoms with Crippen molar-refractivity contribution >= 4 is 11.8 Å². The second-order valence-corrected chi connectivity index (χ2v) is 7.63. The largest absolute Gasteiger partial charge is 0.368 e. The molecule has 0 amide bonds. The van der Waals surface area contributed by atoms with Gasteiger partial charge in [-0.05, 0) is 11.1 Å². The SMILES string of the molecule is CC(c1ccc(-c2cnc(N)nc2)cc1)c1noc(-c2cnc(N3CCNCC3)cn2)n1. The van der Waals surface area contributed by atoms with E-state index in [2.05, 4.69) is 40.3 Å². The first-order chi connectivity index (χ1) is 15.7. The number of hydrogen-bond acceptors (Lipinski definition) is 10. The van der Waals surface area contributed by atoms with Crippen LogP contribution in [0.3, 0.4) is 0 Å². The average molecular weight is 429 g/mol. The lowest BCUT2D eigenvalue weighted by atomic mass is 9.98. The molecule has 1 aliphatic rings. The lowest BCUT2D eigenvalue weighted by Crippen LogP contribution is -2.43. The summed E-state index contributed by atoms with van der Waals surface area (Å²) in [5.41, 5.74) is 9.11. The Kier molecular flexibility index (Phi) is 5.42. The number of piperazine rings is 1. The van der Waals surface area contributed by atoms with Gasteiger partial charge in [0.15, 0.2) is 5.82 Å². The molecule has 0 saturated carbocycles. The number of nitrogens with zero attached hydrogens (tertiary/aromatic N) is 7. The van der Waals surface area contributed by atoms with Crippen LogP contribution < -0.4 is 16.0 Å². The van der Waals surface area contributed by atoms with Gasteiger partial charge in [-0.2, -0.15) is 4.98 Å². The molecule has 1 fully saturated rings. The molecule has 4 heterocycles. The third kappa shape index (κ3) is 4.12. The topological polar surface area (TPSA) is 132 Å². The Morgan fingerprint density at radius 3 is 2.38 bits per heavy atom. The molecule has 5 rings (SSSR count). The van der Waals surface area contributed by atoms with Gasteiger partial charge in [-0.15, -0.1) is 0 Å². The second kappa shape index (κ2) is 8.67. The molecule has 1 aromatic carbocycles. The molecule has 1 saturated heterocycles. The van der Waals surface area contributed by atoms with Crippen LogP contribution in [0.5, 0.6) is 0 Å². The zero-order chi connectivity index (χ0) is 21.9. The van der Waals surface area contributed by atoms with E-state index in [-0.39, 0.29) is 11.9 Å². The lowest BCUT2D eigenvalue weighted by molar-refractivity contribution is 0.419. The van der Waals surface area contributed by atoms with Crippen LogP contribution >= 0.6 is 0 Å². The van der Waals surface area contributed by atoms with Crippen LogP contribution in [0.25, 0.3) is 22.7 Å². The van der Waals surface area contributed by atoms with E-state index in [9.17, 15) is 0 Å². The predicted molar refractivity (Wildman–Crippen MR) is 120 cm³/mol. The number of hydrogen-bond donors (Lipinski definition) is 2. The number of nitrogens with two attached hydrogens (primary N) is 1. The molecular weight excluding hydrogens is 406 g/mol. The fraction of sp³-hybridized carbons (Fsp3) is 0.273. The highest BCUT2D eigenvalue weighted by atomic mass is 16.5. The van der Waals surface area contributed by atoms with Gasteiger partial charge in [0.1, 0.15) is 11.5 Å². The Morgan fingerprint density at radius 1 is 0.938 bits per heavy atom. The van der Waals surface area contributed by atoms with Crippen molar-refractivity contribution in [1.82, 2.24) is 35.4 Å². The van der Waals surface area contributed by atoms with E-state index >= 15 is 0 Å². The Morgan fingerprint density at radius 2 is 1.69 bits per heavy atom. The van der Waals surface area contributed by atoms with E-state index < -0.39 is 0 Å². The molecule has 10 heteroatoms. The summed E-state index contributed by atoms with van der Waals surface area (Å²) < 4.78 is 5.47. The van der Waals surface area contributed by atoms with Crippen LogP contribution in [0.2, 0.25) is 0 Å². The number of benzene rings is 1. The average Bonchev–Trinajstić information content (AvgIpc) is 3.35. The van der Waals surface area contributed by atoms with Gasteiger partial charge < -0.3 is 20.5 Å². The summed E-state index contributed by atoms with van der Waals surface area (Å²) in [4.78, 5) is 23.8. The van der Waals surface area contributed by atoms with Gasteiger partial charge in [-0.3, -0.25) is 0 Å². The normalized spacial score (nSPS) is 15.0. The maximum atomic E-state index is 5.56. The van der Waals surface area contributed by atoms with Crippen LogP contribution in [-0.4, -0.2) is 56.3 Å². The minimum Gasteiger partial charge on any atom is -0.368 e. The lowest BCUT2D eigenvalue weighted by Gasteiger charge is -2.27. The Hall–Kier alpha value is -3.92. The van der Waals surface area contributed by atoms with Crippen molar-refractivity contribution in [2.24, 2.45) is 0 Å². The molecule has 0 bridgehead atoms. The summed E-state index contributed by atoms with van der Waals surface area (Å²) in [6.07, 6.45) is 6.86. The van der Waals surface area contributed by atoms with Crippen LogP contribution in [-0.2, 0) is 0 Å². The quantitative estimate of drug-likeness (QED) is 0.486. The first kappa shape index (κ1) is 20.0. The number of nitrogens with one attached hydrogen (secondary N) is 1. The zero-order valence-corrected chi connectivity index (χ0v) is 17.6. The first-order valence-electron chi connectivity index (χ1n) is 10.5. The van der Waals surface area contributed by atoms with Gasteiger partial charge in [0.25, 0.3) is 5.89 Å². The molecule has 1 unspecified atom stereocenters. The number of aromatic nitrogens is 6. The first-order valence-corrected chi connectivity index (χ1v) is 10.5. The van der Waals surface area contributed by atoms with Gasteiger partial charge >= 0.3 is 0 Å². The third-order valence-electron chi connectivity index (χ3n) is 5.54. The molecule has 162 valence electrons. The molecule has 3 aromatic heterocycles. The maximum absolute atomic E-state index is 5.56. The Balaban J connectivity index is 1.30. The summed E-state index contributed by atoms with van der Waals surface area (Å²) in [5.74, 6) is 2.03. The number of nitrogen functional groups attached to an aromatic ring is 1. The van der Waals surface area contributed by atoms with Crippen molar-refractivity contribution in [3.05, 3.63) is 60.4 Å². The molecule has 1 atom stereocenters. The van der Waals surface area contributed by atoms with Gasteiger partial charge in [-0.1, -0.05) is 36.3 Å². The summed E-state index contributed by atoms with van der Waals surface area (Å²) in [6, 6.07) is 8.10. The van der Waals surface area contributed by atoms with Crippen LogP contribution in [0.1, 0.15) is 24.2 Å². The Bertz CT molecular complexity index is 1170. The van der Waals surface area contributed by atoms with E-state index in [4.69, 9.17) is 10.3 Å². The van der Waals surface area contributed by atoms with Crippen molar-refractivity contribution in [3.8, 4) is 22.7 Å². The monoisotopic (exact) mass is 429 g/mol. The number of rotatable bonds is 5. The fourth-order valence-electron chi connectivity index (χ4n) is 3.60. The molecule has 10 nitrogen and oxygen atoms in total.